The van der Waals surface area contributed by atoms with E-state index in [0.717, 1.165) is 22.4 Å². The average molecular weight is 391 g/mol. The zero-order valence-corrected chi connectivity index (χ0v) is 15.4. The zero-order chi connectivity index (χ0) is 14.0. The summed E-state index contributed by atoms with van der Waals surface area (Å²) >= 11 is 0. The molecule has 3 nitrogen and oxygen atoms in total. The van der Waals surface area contributed by atoms with Crippen molar-refractivity contribution in [3.8, 4) is 11.5 Å². The molecule has 0 aromatic heterocycles. The molecule has 0 saturated heterocycles. The highest BCUT2D eigenvalue weighted by atomic mass is 127. The van der Waals surface area contributed by atoms with E-state index in [1.807, 2.05) is 0 Å². The number of hydrogen-bond donors (Lipinski definition) is 0. The lowest BCUT2D eigenvalue weighted by Gasteiger charge is -2.43. The van der Waals surface area contributed by atoms with Crippen LogP contribution in [0.25, 0.3) is 0 Å². The van der Waals surface area contributed by atoms with Crippen LogP contribution in [0.1, 0.15) is 36.9 Å². The Morgan fingerprint density at radius 1 is 1.15 bits per heavy atom. The van der Waals surface area contributed by atoms with Gasteiger partial charge in [0.1, 0.15) is 6.04 Å². The van der Waals surface area contributed by atoms with Gasteiger partial charge in [-0.2, -0.15) is 0 Å². The minimum atomic E-state index is 0. The second-order valence-electron chi connectivity index (χ2n) is 5.96. The summed E-state index contributed by atoms with van der Waals surface area (Å²) < 4.78 is 12.0. The molecule has 0 radical (unpaired) electrons. The van der Waals surface area contributed by atoms with Crippen LogP contribution >= 0.6 is 0 Å². The summed E-state index contributed by atoms with van der Waals surface area (Å²) in [6.45, 7) is 3.45. The van der Waals surface area contributed by atoms with Crippen molar-refractivity contribution >= 4 is 0 Å². The lowest BCUT2D eigenvalue weighted by atomic mass is 9.88. The van der Waals surface area contributed by atoms with E-state index in [0.29, 0.717) is 6.04 Å². The number of nitrogens with zero attached hydrogens (tertiary/aromatic N) is 1. The fraction of sp³-hybridized carbons (Fsp3) is 0.625. The Bertz CT molecular complexity index is 460. The van der Waals surface area contributed by atoms with Gasteiger partial charge in [-0.05, 0) is 17.7 Å². The Labute approximate surface area is 139 Å². The molecule has 0 aliphatic carbocycles. The topological polar surface area (TPSA) is 18.5 Å². The predicted octanol–water partition coefficient (Wildman–Crippen LogP) is 0.182. The molecule has 1 aromatic rings. The maximum absolute atomic E-state index is 5.46. The number of hydrogen-bond acceptors (Lipinski definition) is 2. The maximum atomic E-state index is 5.46. The Hall–Kier alpha value is -0.490. The first kappa shape index (κ1) is 17.6. The van der Waals surface area contributed by atoms with Crippen molar-refractivity contribution in [3.63, 3.8) is 0 Å². The number of likely N-dealkylation sites (N-methyl/N-ethyl adjacent to an activating group) is 1. The van der Waals surface area contributed by atoms with Gasteiger partial charge in [0.25, 0.3) is 0 Å². The van der Waals surface area contributed by atoms with E-state index in [9.17, 15) is 0 Å². The van der Waals surface area contributed by atoms with E-state index >= 15 is 0 Å². The van der Waals surface area contributed by atoms with E-state index in [2.05, 4.69) is 33.2 Å². The molecule has 1 aliphatic heterocycles. The van der Waals surface area contributed by atoms with Gasteiger partial charge < -0.3 is 37.9 Å². The smallest absolute Gasteiger partial charge is 0.161 e. The quantitative estimate of drug-likeness (QED) is 0.539. The first-order valence-electron chi connectivity index (χ1n) is 7.11. The SMILES string of the molecule is CCCC1c2cc(OC)c(OC)cc2CC[N+]1(C)C.[I-]. The molecule has 0 amide bonds. The largest absolute Gasteiger partial charge is 1.00 e. The maximum Gasteiger partial charge on any atom is 0.161 e. The van der Waals surface area contributed by atoms with E-state index < -0.39 is 0 Å². The highest BCUT2D eigenvalue weighted by molar-refractivity contribution is 5.48. The van der Waals surface area contributed by atoms with Crippen molar-refractivity contribution in [2.75, 3.05) is 34.9 Å². The first-order chi connectivity index (χ1) is 9.03. The minimum Gasteiger partial charge on any atom is -1.00 e. The molecule has 1 aromatic carbocycles. The van der Waals surface area contributed by atoms with Crippen molar-refractivity contribution < 1.29 is 37.9 Å². The number of fused-ring (bicyclic) bond motifs is 1. The molecule has 1 unspecified atom stereocenters. The molecular weight excluding hydrogens is 365 g/mol. The standard InChI is InChI=1S/C16H26NO2.HI/c1-6-7-14-13-11-16(19-5)15(18-4)10-12(13)8-9-17(14,2)3;/h10-11,14H,6-9H2,1-5H3;1H/q+1;/p-1. The summed E-state index contributed by atoms with van der Waals surface area (Å²) in [5.41, 5.74) is 2.87. The first-order valence-corrected chi connectivity index (χ1v) is 7.11. The Balaban J connectivity index is 0.00000200. The molecule has 2 rings (SSSR count). The molecule has 0 saturated carbocycles. The molecule has 1 aliphatic rings. The molecule has 0 fully saturated rings. The predicted molar refractivity (Wildman–Crippen MR) is 77.9 cm³/mol. The van der Waals surface area contributed by atoms with E-state index in [4.69, 9.17) is 9.47 Å². The van der Waals surface area contributed by atoms with Crippen LogP contribution in [0.3, 0.4) is 0 Å². The van der Waals surface area contributed by atoms with Crippen molar-refractivity contribution in [1.29, 1.82) is 0 Å². The van der Waals surface area contributed by atoms with Crippen LogP contribution in [0.15, 0.2) is 12.1 Å². The van der Waals surface area contributed by atoms with Crippen LogP contribution in [0.2, 0.25) is 0 Å². The number of benzene rings is 1. The Morgan fingerprint density at radius 2 is 1.75 bits per heavy atom. The summed E-state index contributed by atoms with van der Waals surface area (Å²) in [5, 5.41) is 0. The third-order valence-electron chi connectivity index (χ3n) is 4.37. The Morgan fingerprint density at radius 3 is 2.30 bits per heavy atom. The number of rotatable bonds is 4. The fourth-order valence-corrected chi connectivity index (χ4v) is 3.18. The number of methoxy groups -OCH3 is 2. The van der Waals surface area contributed by atoms with Gasteiger partial charge in [0.15, 0.2) is 11.5 Å². The highest BCUT2D eigenvalue weighted by Crippen LogP contribution is 2.41. The third-order valence-corrected chi connectivity index (χ3v) is 4.37. The van der Waals surface area contributed by atoms with Crippen LogP contribution in [0.4, 0.5) is 0 Å². The van der Waals surface area contributed by atoms with Crippen LogP contribution < -0.4 is 33.5 Å². The van der Waals surface area contributed by atoms with Crippen LogP contribution in [-0.2, 0) is 6.42 Å². The summed E-state index contributed by atoms with van der Waals surface area (Å²) in [4.78, 5) is 0. The molecule has 114 valence electrons. The van der Waals surface area contributed by atoms with E-state index in [-0.39, 0.29) is 24.0 Å². The summed E-state index contributed by atoms with van der Waals surface area (Å²) in [6.07, 6.45) is 3.54. The monoisotopic (exact) mass is 391 g/mol. The van der Waals surface area contributed by atoms with E-state index in [1.54, 1.807) is 14.2 Å². The number of halogens is 1. The molecular formula is C16H26INO2. The fourth-order valence-electron chi connectivity index (χ4n) is 3.18. The minimum absolute atomic E-state index is 0. The molecule has 0 bridgehead atoms. The molecule has 4 heteroatoms. The van der Waals surface area contributed by atoms with Crippen molar-refractivity contribution in [1.82, 2.24) is 0 Å². The highest BCUT2D eigenvalue weighted by Gasteiger charge is 2.35. The van der Waals surface area contributed by atoms with Gasteiger partial charge in [-0.25, -0.2) is 0 Å². The molecule has 1 heterocycles. The summed E-state index contributed by atoms with van der Waals surface area (Å²) in [7, 11) is 8.08. The van der Waals surface area contributed by atoms with Gasteiger partial charge in [-0.3, -0.25) is 0 Å². The van der Waals surface area contributed by atoms with Gasteiger partial charge in [-0.15, -0.1) is 0 Å². The lowest BCUT2D eigenvalue weighted by Crippen LogP contribution is -3.00. The zero-order valence-electron chi connectivity index (χ0n) is 13.2. The van der Waals surface area contributed by atoms with Gasteiger partial charge >= 0.3 is 0 Å². The van der Waals surface area contributed by atoms with Crippen molar-refractivity contribution in [3.05, 3.63) is 23.3 Å². The molecule has 1 atom stereocenters. The second kappa shape index (κ2) is 6.98. The summed E-state index contributed by atoms with van der Waals surface area (Å²) in [5.74, 6) is 1.70. The van der Waals surface area contributed by atoms with E-state index in [1.165, 1.54) is 30.5 Å². The Kier molecular flexibility index (Phi) is 6.13. The number of ether oxygens (including phenoxy) is 2. The van der Waals surface area contributed by atoms with Gasteiger partial charge in [-0.1, -0.05) is 13.3 Å². The van der Waals surface area contributed by atoms with Crippen LogP contribution in [0.5, 0.6) is 11.5 Å². The average Bonchev–Trinajstić information content (AvgIpc) is 2.40. The van der Waals surface area contributed by atoms with Gasteiger partial charge in [0.2, 0.25) is 0 Å². The molecule has 0 N–H and O–H groups in total. The van der Waals surface area contributed by atoms with Crippen LogP contribution in [-0.4, -0.2) is 39.3 Å². The van der Waals surface area contributed by atoms with Gasteiger partial charge in [0.05, 0.1) is 34.9 Å². The normalized spacial score (nSPS) is 19.8. The van der Waals surface area contributed by atoms with Gasteiger partial charge in [0, 0.05) is 18.4 Å². The van der Waals surface area contributed by atoms with Crippen LogP contribution in [0, 0.1) is 0 Å². The lowest BCUT2D eigenvalue weighted by molar-refractivity contribution is -0.923. The number of quaternary nitrogens is 1. The summed E-state index contributed by atoms with van der Waals surface area (Å²) in [6, 6.07) is 4.91. The van der Waals surface area contributed by atoms with Crippen molar-refractivity contribution in [2.24, 2.45) is 0 Å². The second-order valence-corrected chi connectivity index (χ2v) is 5.96. The molecule has 20 heavy (non-hydrogen) atoms. The third kappa shape index (κ3) is 3.22. The molecule has 0 spiro atoms. The van der Waals surface area contributed by atoms with Crippen molar-refractivity contribution in [2.45, 2.75) is 32.2 Å².